The molecule has 3 aromatic rings. The molecule has 12 nitrogen and oxygen atoms in total. The largest absolute Gasteiger partial charge is 0.378 e. The van der Waals surface area contributed by atoms with Crippen molar-refractivity contribution in [3.05, 3.63) is 43.0 Å². The van der Waals surface area contributed by atoms with Gasteiger partial charge in [-0.25, -0.2) is 14.8 Å². The van der Waals surface area contributed by atoms with Crippen molar-refractivity contribution >= 4 is 29.3 Å². The van der Waals surface area contributed by atoms with E-state index in [0.29, 0.717) is 42.3 Å². The Bertz CT molecular complexity index is 1190. The van der Waals surface area contributed by atoms with Crippen LogP contribution in [0.25, 0.3) is 11.4 Å². The van der Waals surface area contributed by atoms with Crippen molar-refractivity contribution in [2.75, 3.05) is 59.8 Å². The molecular weight excluding hydrogens is 462 g/mol. The molecule has 2 aromatic heterocycles. The molecule has 3 aliphatic heterocycles. The van der Waals surface area contributed by atoms with Gasteiger partial charge in [0.25, 0.3) is 0 Å². The van der Waals surface area contributed by atoms with Crippen LogP contribution in [0.4, 0.5) is 28.1 Å². The molecule has 2 unspecified atom stereocenters. The fourth-order valence-electron chi connectivity index (χ4n) is 4.67. The Morgan fingerprint density at radius 3 is 2.17 bits per heavy atom. The van der Waals surface area contributed by atoms with E-state index in [2.05, 4.69) is 30.4 Å². The second-order valence-corrected chi connectivity index (χ2v) is 9.00. The van der Waals surface area contributed by atoms with Crippen LogP contribution in [0.5, 0.6) is 0 Å². The van der Waals surface area contributed by atoms with Crippen LogP contribution < -0.4 is 20.4 Å². The van der Waals surface area contributed by atoms with E-state index in [1.807, 2.05) is 24.3 Å². The predicted octanol–water partition coefficient (Wildman–Crippen LogP) is 2.18. The van der Waals surface area contributed by atoms with Gasteiger partial charge in [-0.2, -0.15) is 15.0 Å². The number of nitrogens with one attached hydrogen (secondary N) is 2. The van der Waals surface area contributed by atoms with E-state index in [4.69, 9.17) is 24.4 Å². The normalized spacial score (nSPS) is 21.3. The van der Waals surface area contributed by atoms with Crippen LogP contribution >= 0.6 is 0 Å². The number of rotatable bonds is 5. The minimum absolute atomic E-state index is 0.231. The first-order chi connectivity index (χ1) is 17.7. The van der Waals surface area contributed by atoms with Crippen molar-refractivity contribution in [1.82, 2.24) is 24.9 Å². The average Bonchev–Trinajstić information content (AvgIpc) is 3.27. The third kappa shape index (κ3) is 5.04. The zero-order chi connectivity index (χ0) is 24.3. The first-order valence-electron chi connectivity index (χ1n) is 12.1. The summed E-state index contributed by atoms with van der Waals surface area (Å²) in [5.41, 5.74) is 1.99. The lowest BCUT2D eigenvalue weighted by atomic mass is 10.2. The number of nitrogens with zero attached hydrogens (tertiary/aromatic N) is 7. The molecule has 0 saturated carbocycles. The number of hydrogen-bond acceptors (Lipinski definition) is 10. The quantitative estimate of drug-likeness (QED) is 0.550. The van der Waals surface area contributed by atoms with Gasteiger partial charge < -0.3 is 29.9 Å². The summed E-state index contributed by atoms with van der Waals surface area (Å²) in [5, 5.41) is 5.51. The van der Waals surface area contributed by atoms with Crippen LogP contribution in [0.3, 0.4) is 0 Å². The summed E-state index contributed by atoms with van der Waals surface area (Å²) in [4.78, 5) is 38.9. The number of carbonyl (C=O) groups excluding carboxylic acids is 1. The van der Waals surface area contributed by atoms with Crippen molar-refractivity contribution in [3.8, 4) is 11.4 Å². The summed E-state index contributed by atoms with van der Waals surface area (Å²) >= 11 is 0. The van der Waals surface area contributed by atoms with E-state index in [1.165, 1.54) is 18.7 Å². The Morgan fingerprint density at radius 2 is 1.47 bits per heavy atom. The second-order valence-electron chi connectivity index (χ2n) is 9.00. The van der Waals surface area contributed by atoms with Crippen molar-refractivity contribution in [2.45, 2.75) is 25.0 Å². The highest BCUT2D eigenvalue weighted by Gasteiger charge is 2.35. The van der Waals surface area contributed by atoms with Gasteiger partial charge in [0.05, 0.1) is 43.5 Å². The Morgan fingerprint density at radius 1 is 0.833 bits per heavy atom. The number of benzene rings is 1. The fourth-order valence-corrected chi connectivity index (χ4v) is 4.67. The number of urea groups is 1. The van der Waals surface area contributed by atoms with Gasteiger partial charge in [0.15, 0.2) is 5.82 Å². The molecule has 3 saturated heterocycles. The van der Waals surface area contributed by atoms with E-state index in [9.17, 15) is 4.79 Å². The van der Waals surface area contributed by atoms with Crippen LogP contribution in [0, 0.1) is 0 Å². The molecule has 6 rings (SSSR count). The average molecular weight is 490 g/mol. The lowest BCUT2D eigenvalue weighted by molar-refractivity contribution is 0.0299. The molecule has 0 aliphatic carbocycles. The van der Waals surface area contributed by atoms with Gasteiger partial charge in [0.2, 0.25) is 11.9 Å². The molecule has 5 heterocycles. The van der Waals surface area contributed by atoms with E-state index in [1.54, 1.807) is 0 Å². The smallest absolute Gasteiger partial charge is 0.323 e. The number of fused-ring (bicyclic) bond motifs is 2. The summed E-state index contributed by atoms with van der Waals surface area (Å²) < 4.78 is 11.5. The highest BCUT2D eigenvalue weighted by atomic mass is 16.5. The zero-order valence-corrected chi connectivity index (χ0v) is 19.7. The molecular formula is C24H27N9O3. The molecule has 2 atom stereocenters. The predicted molar refractivity (Wildman–Crippen MR) is 133 cm³/mol. The Kier molecular flexibility index (Phi) is 6.26. The number of carbonyl (C=O) groups is 1. The monoisotopic (exact) mass is 489 g/mol. The Labute approximate surface area is 208 Å². The fraction of sp³-hybridized carbons (Fsp3) is 0.417. The SMILES string of the molecule is O=C(Nc1ccc(-c2nc(N3CCOCC3)nc(N3CC4CCC(C3)O4)n2)cc1)Nc1cncnc1. The van der Waals surface area contributed by atoms with Crippen molar-refractivity contribution < 1.29 is 14.3 Å². The third-order valence-electron chi connectivity index (χ3n) is 6.45. The zero-order valence-electron chi connectivity index (χ0n) is 19.7. The second kappa shape index (κ2) is 9.99. The molecule has 1 aromatic carbocycles. The summed E-state index contributed by atoms with van der Waals surface area (Å²) in [6, 6.07) is 7.06. The maximum absolute atomic E-state index is 12.3. The molecule has 2 N–H and O–H groups in total. The molecule has 12 heteroatoms. The Balaban J connectivity index is 1.23. The summed E-state index contributed by atoms with van der Waals surface area (Å²) in [5.74, 6) is 1.93. The van der Waals surface area contributed by atoms with Gasteiger partial charge in [-0.1, -0.05) is 0 Å². The maximum atomic E-state index is 12.3. The van der Waals surface area contributed by atoms with Crippen LogP contribution in [0.2, 0.25) is 0 Å². The number of aromatic nitrogens is 5. The molecule has 0 radical (unpaired) electrons. The van der Waals surface area contributed by atoms with Gasteiger partial charge in [-0.15, -0.1) is 0 Å². The Hall–Kier alpha value is -3.90. The van der Waals surface area contributed by atoms with Gasteiger partial charge in [0, 0.05) is 37.4 Å². The van der Waals surface area contributed by atoms with E-state index < -0.39 is 0 Å². The number of amides is 2. The van der Waals surface area contributed by atoms with Crippen molar-refractivity contribution in [2.24, 2.45) is 0 Å². The summed E-state index contributed by atoms with van der Waals surface area (Å²) in [6.07, 6.45) is 7.08. The summed E-state index contributed by atoms with van der Waals surface area (Å²) in [6.45, 7) is 4.34. The lowest BCUT2D eigenvalue weighted by Crippen LogP contribution is -2.44. The first-order valence-corrected chi connectivity index (χ1v) is 12.1. The number of morpholine rings is 2. The van der Waals surface area contributed by atoms with Gasteiger partial charge in [0.1, 0.15) is 6.33 Å². The maximum Gasteiger partial charge on any atom is 0.323 e. The van der Waals surface area contributed by atoms with E-state index >= 15 is 0 Å². The van der Waals surface area contributed by atoms with E-state index in [0.717, 1.165) is 44.6 Å². The topological polar surface area (TPSA) is 131 Å². The van der Waals surface area contributed by atoms with Gasteiger partial charge >= 0.3 is 6.03 Å². The minimum Gasteiger partial charge on any atom is -0.378 e. The van der Waals surface area contributed by atoms with Crippen molar-refractivity contribution in [1.29, 1.82) is 0 Å². The molecule has 186 valence electrons. The molecule has 3 fully saturated rings. The van der Waals surface area contributed by atoms with E-state index in [-0.39, 0.29) is 18.2 Å². The van der Waals surface area contributed by atoms with Gasteiger partial charge in [-0.3, -0.25) is 0 Å². The van der Waals surface area contributed by atoms with Crippen LogP contribution in [-0.2, 0) is 9.47 Å². The first kappa shape index (κ1) is 22.6. The van der Waals surface area contributed by atoms with Crippen LogP contribution in [0.15, 0.2) is 43.0 Å². The molecule has 0 spiro atoms. The highest BCUT2D eigenvalue weighted by molar-refractivity contribution is 5.99. The number of ether oxygens (including phenoxy) is 2. The lowest BCUT2D eigenvalue weighted by Gasteiger charge is -2.33. The molecule has 36 heavy (non-hydrogen) atoms. The highest BCUT2D eigenvalue weighted by Crippen LogP contribution is 2.30. The number of anilines is 4. The molecule has 3 aliphatic rings. The summed E-state index contributed by atoms with van der Waals surface area (Å²) in [7, 11) is 0. The number of hydrogen-bond donors (Lipinski definition) is 2. The molecule has 2 bridgehead atoms. The molecule has 2 amide bonds. The minimum atomic E-state index is -0.378. The third-order valence-corrected chi connectivity index (χ3v) is 6.45. The van der Waals surface area contributed by atoms with Crippen LogP contribution in [-0.4, -0.2) is 82.6 Å². The standard InChI is InChI=1S/C24H27N9O3/c34-24(28-18-11-25-15-26-12-18)27-17-3-1-16(2-4-17)21-29-22(32-7-9-35-10-8-32)31-23(30-21)33-13-19-5-6-20(14-33)36-19/h1-4,11-12,15,19-20H,5-10,13-14H2,(H2,27,28,34). The van der Waals surface area contributed by atoms with Crippen molar-refractivity contribution in [3.63, 3.8) is 0 Å². The van der Waals surface area contributed by atoms with Crippen LogP contribution in [0.1, 0.15) is 12.8 Å². The van der Waals surface area contributed by atoms with Gasteiger partial charge in [-0.05, 0) is 37.1 Å².